The molecule has 1 aliphatic heterocycles. The van der Waals surface area contributed by atoms with Gasteiger partial charge in [-0.05, 0) is 101 Å². The highest BCUT2D eigenvalue weighted by molar-refractivity contribution is 6.30. The van der Waals surface area contributed by atoms with Gasteiger partial charge in [-0.2, -0.15) is 0 Å². The van der Waals surface area contributed by atoms with E-state index in [9.17, 15) is 5.11 Å². The molecule has 188 valence electrons. The molecule has 1 aliphatic rings. The molecular formula is C28H42ClN3O2. The highest BCUT2D eigenvalue weighted by Gasteiger charge is 2.31. The molecule has 6 heteroatoms. The van der Waals surface area contributed by atoms with Crippen LogP contribution in [0.4, 0.5) is 0 Å². The van der Waals surface area contributed by atoms with Gasteiger partial charge in [-0.25, -0.2) is 0 Å². The van der Waals surface area contributed by atoms with E-state index in [4.69, 9.17) is 16.3 Å². The van der Waals surface area contributed by atoms with Crippen LogP contribution in [0.2, 0.25) is 5.02 Å². The Labute approximate surface area is 211 Å². The Morgan fingerprint density at radius 1 is 1.15 bits per heavy atom. The zero-order valence-corrected chi connectivity index (χ0v) is 22.2. The first-order chi connectivity index (χ1) is 16.2. The lowest BCUT2D eigenvalue weighted by atomic mass is 9.91. The summed E-state index contributed by atoms with van der Waals surface area (Å²) in [6, 6.07) is 12.4. The Bertz CT molecular complexity index is 915. The number of halogens is 1. The van der Waals surface area contributed by atoms with Crippen molar-refractivity contribution in [3.05, 3.63) is 63.7 Å². The molecule has 2 aromatic carbocycles. The van der Waals surface area contributed by atoms with Gasteiger partial charge in [0.15, 0.2) is 0 Å². The van der Waals surface area contributed by atoms with Crippen molar-refractivity contribution >= 4 is 11.6 Å². The summed E-state index contributed by atoms with van der Waals surface area (Å²) >= 11 is 6.04. The zero-order chi connectivity index (χ0) is 24.7. The SMILES string of the molecule is Cc1c(OCCCCN(C)C)ccc(C(C)N2CC(CNC(O)Cc3cccc(Cl)c3)C2)c1C. The van der Waals surface area contributed by atoms with Crippen molar-refractivity contribution in [2.75, 3.05) is 46.9 Å². The molecule has 0 saturated carbocycles. The quantitative estimate of drug-likeness (QED) is 0.313. The summed E-state index contributed by atoms with van der Waals surface area (Å²) in [5, 5.41) is 14.3. The fourth-order valence-corrected chi connectivity index (χ4v) is 4.86. The van der Waals surface area contributed by atoms with Crippen LogP contribution in [0.1, 0.15) is 48.1 Å². The van der Waals surface area contributed by atoms with Gasteiger partial charge in [-0.15, -0.1) is 0 Å². The molecule has 0 bridgehead atoms. The van der Waals surface area contributed by atoms with Gasteiger partial charge in [0.25, 0.3) is 0 Å². The van der Waals surface area contributed by atoms with E-state index in [-0.39, 0.29) is 0 Å². The predicted molar refractivity (Wildman–Crippen MR) is 142 cm³/mol. The van der Waals surface area contributed by atoms with E-state index in [0.717, 1.165) is 56.9 Å². The molecule has 3 rings (SSSR count). The van der Waals surface area contributed by atoms with Crippen molar-refractivity contribution < 1.29 is 9.84 Å². The number of nitrogens with one attached hydrogen (secondary N) is 1. The standard InChI is InChI=1S/C28H42ClN3O2/c1-20-21(2)27(34-14-7-6-13-31(4)5)12-11-26(20)22(3)32-18-24(19-32)17-30-28(33)16-23-9-8-10-25(29)15-23/h8-12,15,22,24,28,30,33H,6-7,13-14,16-19H2,1-5H3. The molecular weight excluding hydrogens is 446 g/mol. The summed E-state index contributed by atoms with van der Waals surface area (Å²) in [6.07, 6.45) is 2.25. The molecule has 2 atom stereocenters. The molecule has 0 spiro atoms. The van der Waals surface area contributed by atoms with Crippen LogP contribution in [0.15, 0.2) is 36.4 Å². The van der Waals surface area contributed by atoms with Crippen LogP contribution in [-0.2, 0) is 6.42 Å². The Hall–Kier alpha value is -1.63. The van der Waals surface area contributed by atoms with Crippen molar-refractivity contribution in [1.29, 1.82) is 0 Å². The number of likely N-dealkylation sites (tertiary alicyclic amines) is 1. The lowest BCUT2D eigenvalue weighted by Crippen LogP contribution is -2.52. The summed E-state index contributed by atoms with van der Waals surface area (Å²) in [6.45, 7) is 11.5. The van der Waals surface area contributed by atoms with Crippen LogP contribution < -0.4 is 10.1 Å². The van der Waals surface area contributed by atoms with E-state index in [1.807, 2.05) is 24.3 Å². The van der Waals surface area contributed by atoms with Crippen molar-refractivity contribution in [2.45, 2.75) is 52.3 Å². The molecule has 2 unspecified atom stereocenters. The van der Waals surface area contributed by atoms with Gasteiger partial charge >= 0.3 is 0 Å². The van der Waals surface area contributed by atoms with E-state index in [0.29, 0.717) is 23.4 Å². The van der Waals surface area contributed by atoms with Gasteiger partial charge in [0.05, 0.1) is 6.61 Å². The second kappa shape index (κ2) is 12.9. The summed E-state index contributed by atoms with van der Waals surface area (Å²) in [5.74, 6) is 1.57. The van der Waals surface area contributed by atoms with Crippen LogP contribution >= 0.6 is 11.6 Å². The smallest absolute Gasteiger partial charge is 0.122 e. The van der Waals surface area contributed by atoms with E-state index in [1.54, 1.807) is 0 Å². The van der Waals surface area contributed by atoms with E-state index < -0.39 is 6.23 Å². The van der Waals surface area contributed by atoms with E-state index in [1.165, 1.54) is 16.7 Å². The van der Waals surface area contributed by atoms with Gasteiger partial charge in [0.2, 0.25) is 0 Å². The average Bonchev–Trinajstić information content (AvgIpc) is 2.75. The Morgan fingerprint density at radius 2 is 1.91 bits per heavy atom. The molecule has 0 amide bonds. The predicted octanol–water partition coefficient (Wildman–Crippen LogP) is 4.82. The van der Waals surface area contributed by atoms with Gasteiger partial charge in [-0.1, -0.05) is 29.8 Å². The third-order valence-electron chi connectivity index (χ3n) is 6.98. The minimum atomic E-state index is -0.551. The number of aliphatic hydroxyl groups excluding tert-OH is 1. The molecule has 0 aromatic heterocycles. The molecule has 5 nitrogen and oxygen atoms in total. The summed E-state index contributed by atoms with van der Waals surface area (Å²) in [7, 11) is 4.22. The maximum atomic E-state index is 10.3. The lowest BCUT2D eigenvalue weighted by molar-refractivity contribution is 0.0446. The molecule has 34 heavy (non-hydrogen) atoms. The number of hydrogen-bond donors (Lipinski definition) is 2. The van der Waals surface area contributed by atoms with Gasteiger partial charge < -0.3 is 14.7 Å². The molecule has 1 saturated heterocycles. The maximum Gasteiger partial charge on any atom is 0.122 e. The van der Waals surface area contributed by atoms with Crippen molar-refractivity contribution in [3.63, 3.8) is 0 Å². The van der Waals surface area contributed by atoms with Crippen LogP contribution in [-0.4, -0.2) is 68.0 Å². The second-order valence-electron chi connectivity index (χ2n) is 10.0. The molecule has 0 radical (unpaired) electrons. The third-order valence-corrected chi connectivity index (χ3v) is 7.22. The lowest BCUT2D eigenvalue weighted by Gasteiger charge is -2.44. The number of hydrogen-bond acceptors (Lipinski definition) is 5. The highest BCUT2D eigenvalue weighted by atomic mass is 35.5. The minimum Gasteiger partial charge on any atom is -0.493 e. The average molecular weight is 488 g/mol. The number of ether oxygens (including phenoxy) is 1. The normalized spacial score (nSPS) is 16.5. The number of nitrogens with zero attached hydrogens (tertiary/aromatic N) is 2. The zero-order valence-electron chi connectivity index (χ0n) is 21.5. The van der Waals surface area contributed by atoms with Gasteiger partial charge in [0.1, 0.15) is 12.0 Å². The number of aliphatic hydroxyl groups is 1. The second-order valence-corrected chi connectivity index (χ2v) is 10.5. The highest BCUT2D eigenvalue weighted by Crippen LogP contribution is 2.34. The first kappa shape index (κ1) is 27.0. The molecule has 0 aliphatic carbocycles. The van der Waals surface area contributed by atoms with Crippen molar-refractivity contribution in [3.8, 4) is 5.75 Å². The summed E-state index contributed by atoms with van der Waals surface area (Å²) in [5.41, 5.74) is 5.00. The first-order valence-electron chi connectivity index (χ1n) is 12.5. The first-order valence-corrected chi connectivity index (χ1v) is 12.9. The van der Waals surface area contributed by atoms with Crippen LogP contribution in [0.3, 0.4) is 0 Å². The number of unbranched alkanes of at least 4 members (excludes halogenated alkanes) is 1. The third kappa shape index (κ3) is 7.69. The monoisotopic (exact) mass is 487 g/mol. The van der Waals surface area contributed by atoms with E-state index >= 15 is 0 Å². The van der Waals surface area contributed by atoms with Crippen LogP contribution in [0, 0.1) is 19.8 Å². The summed E-state index contributed by atoms with van der Waals surface area (Å²) < 4.78 is 6.08. The summed E-state index contributed by atoms with van der Waals surface area (Å²) in [4.78, 5) is 4.73. The van der Waals surface area contributed by atoms with Gasteiger partial charge in [0, 0.05) is 37.1 Å². The van der Waals surface area contributed by atoms with Crippen LogP contribution in [0.5, 0.6) is 5.75 Å². The topological polar surface area (TPSA) is 48.0 Å². The van der Waals surface area contributed by atoms with E-state index in [2.05, 4.69) is 62.1 Å². The minimum absolute atomic E-state index is 0.375. The molecule has 2 aromatic rings. The molecule has 1 fully saturated rings. The Morgan fingerprint density at radius 3 is 2.62 bits per heavy atom. The Kier molecular flexibility index (Phi) is 10.2. The number of benzene rings is 2. The van der Waals surface area contributed by atoms with Crippen molar-refractivity contribution in [2.24, 2.45) is 5.92 Å². The van der Waals surface area contributed by atoms with Crippen LogP contribution in [0.25, 0.3) is 0 Å². The largest absolute Gasteiger partial charge is 0.493 e. The number of rotatable bonds is 13. The fraction of sp³-hybridized carbons (Fsp3) is 0.571. The van der Waals surface area contributed by atoms with Crippen molar-refractivity contribution in [1.82, 2.24) is 15.1 Å². The fourth-order valence-electron chi connectivity index (χ4n) is 4.65. The molecule has 1 heterocycles. The van der Waals surface area contributed by atoms with Gasteiger partial charge in [-0.3, -0.25) is 10.2 Å². The maximum absolute atomic E-state index is 10.3. The Balaban J connectivity index is 1.42. The molecule has 2 N–H and O–H groups in total.